The van der Waals surface area contributed by atoms with Gasteiger partial charge in [0.05, 0.1) is 5.02 Å². The molecule has 15 heavy (non-hydrogen) atoms. The van der Waals surface area contributed by atoms with Crippen LogP contribution in [0.1, 0.15) is 12.1 Å². The number of pyridine rings is 1. The van der Waals surface area contributed by atoms with E-state index in [0.717, 1.165) is 0 Å². The normalized spacial score (nSPS) is 12.1. The van der Waals surface area contributed by atoms with Crippen molar-refractivity contribution in [3.8, 4) is 0 Å². The summed E-state index contributed by atoms with van der Waals surface area (Å²) >= 11 is 7.13. The Morgan fingerprint density at radius 2 is 2.00 bits per heavy atom. The van der Waals surface area contributed by atoms with Crippen LogP contribution in [0.2, 0.25) is 5.02 Å². The van der Waals surface area contributed by atoms with Crippen LogP contribution in [-0.4, -0.2) is 13.4 Å². The summed E-state index contributed by atoms with van der Waals surface area (Å²) in [4.78, 5) is 2.87. The molecule has 0 aliphatic rings. The van der Waals surface area contributed by atoms with Gasteiger partial charge in [0, 0.05) is 10.7 Å². The molecular formula is C6H2Cl2F2INO2S. The van der Waals surface area contributed by atoms with E-state index >= 15 is 0 Å². The van der Waals surface area contributed by atoms with Gasteiger partial charge in [-0.15, -0.1) is 0 Å². The van der Waals surface area contributed by atoms with Crippen LogP contribution in [0.3, 0.4) is 0 Å². The van der Waals surface area contributed by atoms with Gasteiger partial charge in [-0.2, -0.15) is 0 Å². The molecule has 0 aliphatic heterocycles. The molecule has 0 aliphatic carbocycles. The molecule has 3 nitrogen and oxygen atoms in total. The Morgan fingerprint density at radius 1 is 1.47 bits per heavy atom. The van der Waals surface area contributed by atoms with Crippen molar-refractivity contribution >= 4 is 53.9 Å². The van der Waals surface area contributed by atoms with E-state index in [9.17, 15) is 17.2 Å². The lowest BCUT2D eigenvalue weighted by atomic mass is 10.4. The highest BCUT2D eigenvalue weighted by Gasteiger charge is 2.22. The second kappa shape index (κ2) is 4.64. The van der Waals surface area contributed by atoms with Gasteiger partial charge < -0.3 is 0 Å². The first-order valence-corrected chi connectivity index (χ1v) is 7.09. The first-order valence-electron chi connectivity index (χ1n) is 3.32. The molecule has 1 aromatic heterocycles. The van der Waals surface area contributed by atoms with E-state index in [1.54, 1.807) is 22.6 Å². The molecule has 1 rings (SSSR count). The van der Waals surface area contributed by atoms with Crippen molar-refractivity contribution < 1.29 is 17.2 Å². The summed E-state index contributed by atoms with van der Waals surface area (Å²) in [7, 11) is 0.874. The molecule has 0 atom stereocenters. The molecule has 1 aromatic rings. The van der Waals surface area contributed by atoms with Crippen LogP contribution in [-0.2, 0) is 9.05 Å². The summed E-state index contributed by atoms with van der Waals surface area (Å²) < 4.78 is 46.5. The second-order valence-corrected chi connectivity index (χ2v) is 6.32. The van der Waals surface area contributed by atoms with Crippen LogP contribution in [0.4, 0.5) is 8.78 Å². The Labute approximate surface area is 107 Å². The van der Waals surface area contributed by atoms with Gasteiger partial charge in [-0.25, -0.2) is 22.2 Å². The van der Waals surface area contributed by atoms with Gasteiger partial charge in [0.15, 0.2) is 0 Å². The van der Waals surface area contributed by atoms with Crippen molar-refractivity contribution in [1.29, 1.82) is 0 Å². The van der Waals surface area contributed by atoms with Crippen molar-refractivity contribution in [2.24, 2.45) is 0 Å². The summed E-state index contributed by atoms with van der Waals surface area (Å²) in [6.45, 7) is 0. The van der Waals surface area contributed by atoms with Crippen LogP contribution in [0.5, 0.6) is 0 Å². The molecule has 1 heterocycles. The quantitative estimate of drug-likeness (QED) is 0.444. The molecule has 0 aromatic carbocycles. The third-order valence-corrected chi connectivity index (χ3v) is 4.33. The molecule has 0 N–H and O–H groups in total. The van der Waals surface area contributed by atoms with Crippen LogP contribution < -0.4 is 0 Å². The first-order chi connectivity index (χ1) is 6.73. The Hall–Kier alpha value is 0.270. The van der Waals surface area contributed by atoms with E-state index in [-0.39, 0.29) is 8.72 Å². The molecule has 0 unspecified atom stereocenters. The summed E-state index contributed by atoms with van der Waals surface area (Å²) in [5.74, 6) is 0. The molecule has 0 amide bonds. The Kier molecular flexibility index (Phi) is 4.13. The highest BCUT2D eigenvalue weighted by molar-refractivity contribution is 14.1. The zero-order chi connectivity index (χ0) is 11.8. The average molecular weight is 388 g/mol. The summed E-state index contributed by atoms with van der Waals surface area (Å²) in [5.41, 5.74) is -0.678. The van der Waals surface area contributed by atoms with Crippen LogP contribution in [0.15, 0.2) is 11.0 Å². The maximum absolute atomic E-state index is 12.3. The topological polar surface area (TPSA) is 47.0 Å². The lowest BCUT2D eigenvalue weighted by Gasteiger charge is -2.05. The molecule has 0 fully saturated rings. The fraction of sp³-hybridized carbons (Fsp3) is 0.167. The van der Waals surface area contributed by atoms with E-state index in [0.29, 0.717) is 6.07 Å². The number of alkyl halides is 2. The third kappa shape index (κ3) is 3.11. The Morgan fingerprint density at radius 3 is 2.40 bits per heavy atom. The Balaban J connectivity index is 3.52. The summed E-state index contributed by atoms with van der Waals surface area (Å²) in [6, 6.07) is 0.664. The number of aromatic nitrogens is 1. The standard InChI is InChI=1S/C6H2Cl2F2INO2S/c7-4-3(15(8,13)14)1-2(5(9)10)12-6(4)11/h1,5H. The van der Waals surface area contributed by atoms with Crippen molar-refractivity contribution in [3.05, 3.63) is 20.5 Å². The lowest BCUT2D eigenvalue weighted by Crippen LogP contribution is -2.01. The van der Waals surface area contributed by atoms with Crippen LogP contribution >= 0.6 is 44.9 Å². The highest BCUT2D eigenvalue weighted by atomic mass is 127. The van der Waals surface area contributed by atoms with E-state index in [4.69, 9.17) is 22.3 Å². The van der Waals surface area contributed by atoms with Crippen LogP contribution in [0, 0.1) is 3.70 Å². The monoisotopic (exact) mass is 387 g/mol. The van der Waals surface area contributed by atoms with Crippen molar-refractivity contribution in [3.63, 3.8) is 0 Å². The van der Waals surface area contributed by atoms with Crippen molar-refractivity contribution in [2.45, 2.75) is 11.3 Å². The van der Waals surface area contributed by atoms with Gasteiger partial charge in [-0.1, -0.05) is 11.6 Å². The number of rotatable bonds is 2. The molecule has 9 heteroatoms. The van der Waals surface area contributed by atoms with Crippen LogP contribution in [0.25, 0.3) is 0 Å². The second-order valence-electron chi connectivity index (χ2n) is 2.39. The molecule has 84 valence electrons. The lowest BCUT2D eigenvalue weighted by molar-refractivity contribution is 0.145. The molecule has 0 bridgehead atoms. The number of hydrogen-bond acceptors (Lipinski definition) is 3. The van der Waals surface area contributed by atoms with E-state index in [1.807, 2.05) is 0 Å². The van der Waals surface area contributed by atoms with E-state index in [2.05, 4.69) is 4.98 Å². The summed E-state index contributed by atoms with van der Waals surface area (Å²) in [6.07, 6.45) is -2.88. The molecule has 0 saturated heterocycles. The van der Waals surface area contributed by atoms with E-state index < -0.39 is 26.1 Å². The van der Waals surface area contributed by atoms with E-state index in [1.165, 1.54) is 0 Å². The maximum atomic E-state index is 12.3. The fourth-order valence-corrected chi connectivity index (χ4v) is 2.99. The highest BCUT2D eigenvalue weighted by Crippen LogP contribution is 2.31. The van der Waals surface area contributed by atoms with Gasteiger partial charge in [0.1, 0.15) is 14.3 Å². The first kappa shape index (κ1) is 13.3. The number of hydrogen-bond donors (Lipinski definition) is 0. The zero-order valence-corrected chi connectivity index (χ0v) is 11.2. The fourth-order valence-electron chi connectivity index (χ4n) is 0.783. The van der Waals surface area contributed by atoms with Crippen molar-refractivity contribution in [1.82, 2.24) is 4.98 Å². The largest absolute Gasteiger partial charge is 0.280 e. The smallest absolute Gasteiger partial charge is 0.239 e. The molecule has 0 saturated carbocycles. The maximum Gasteiger partial charge on any atom is 0.280 e. The van der Waals surface area contributed by atoms with Gasteiger partial charge >= 0.3 is 0 Å². The minimum Gasteiger partial charge on any atom is -0.239 e. The SMILES string of the molecule is O=S(=O)(Cl)c1cc(C(F)F)nc(I)c1Cl. The van der Waals surface area contributed by atoms with Gasteiger partial charge in [-0.05, 0) is 28.7 Å². The van der Waals surface area contributed by atoms with Gasteiger partial charge in [-0.3, -0.25) is 0 Å². The van der Waals surface area contributed by atoms with Gasteiger partial charge in [0.2, 0.25) is 0 Å². The number of nitrogens with zero attached hydrogens (tertiary/aromatic N) is 1. The third-order valence-electron chi connectivity index (χ3n) is 1.39. The predicted molar refractivity (Wildman–Crippen MR) is 60.0 cm³/mol. The Bertz CT molecular complexity index is 494. The average Bonchev–Trinajstić information content (AvgIpc) is 2.06. The number of halogens is 5. The minimum atomic E-state index is -4.15. The minimum absolute atomic E-state index is 0.0358. The zero-order valence-electron chi connectivity index (χ0n) is 6.72. The molecule has 0 spiro atoms. The van der Waals surface area contributed by atoms with Crippen molar-refractivity contribution in [2.75, 3.05) is 0 Å². The summed E-state index contributed by atoms with van der Waals surface area (Å²) in [5, 5.41) is -0.255. The molecular weight excluding hydrogens is 386 g/mol. The molecule has 0 radical (unpaired) electrons. The predicted octanol–water partition coefficient (Wildman–Crippen LogP) is 3.20. The van der Waals surface area contributed by atoms with Gasteiger partial charge in [0.25, 0.3) is 15.5 Å².